The highest BCUT2D eigenvalue weighted by Gasteiger charge is 2.46. The van der Waals surface area contributed by atoms with Crippen molar-refractivity contribution in [2.24, 2.45) is 9.98 Å². The first-order valence-corrected chi connectivity index (χ1v) is 29.0. The Morgan fingerprint density at radius 1 is 0.337 bits per heavy atom. The van der Waals surface area contributed by atoms with Gasteiger partial charge in [-0.3, -0.25) is 4.57 Å². The predicted molar refractivity (Wildman–Crippen MR) is 336 cm³/mol. The van der Waals surface area contributed by atoms with Crippen molar-refractivity contribution in [3.63, 3.8) is 0 Å². The minimum atomic E-state index is -1.58. The third-order valence-corrected chi connectivity index (χ3v) is 14.4. The Kier molecular flexibility index (Phi) is 22.1. The standard InChI is InChI=1S/C70H74N4O12/c1-75-35-39-79-43-47-83-57-27-19-53(20-28-57)65-66(54-21-29-58(30-22-54)84-48-44-80-40-36-76-2)73-70(72-65,64-18-10-14-52-12-6-8-16-62(52)64)74-68(56-25-33-60(34-26-56)86-50-46-82-42-38-78-4)67(55-23-31-59(32-24-55)85-49-45-81-41-37-77-3)71-69(74)63-17-9-13-51-11-5-7-15-61(51)63/h5-34H,35-50H2,1-4H3. The molecule has 0 saturated heterocycles. The van der Waals surface area contributed by atoms with Gasteiger partial charge in [-0.25, -0.2) is 15.0 Å². The van der Waals surface area contributed by atoms with Crippen molar-refractivity contribution >= 4 is 33.0 Å². The smallest absolute Gasteiger partial charge is 0.262 e. The highest BCUT2D eigenvalue weighted by molar-refractivity contribution is 6.54. The van der Waals surface area contributed by atoms with Crippen LogP contribution in [0.4, 0.5) is 0 Å². The van der Waals surface area contributed by atoms with Crippen molar-refractivity contribution in [1.82, 2.24) is 9.55 Å². The van der Waals surface area contributed by atoms with Gasteiger partial charge in [-0.15, -0.1) is 0 Å². The maximum atomic E-state index is 6.28. The van der Waals surface area contributed by atoms with Gasteiger partial charge >= 0.3 is 0 Å². The number of rotatable bonds is 35. The molecule has 1 aliphatic heterocycles. The molecule has 446 valence electrons. The van der Waals surface area contributed by atoms with Gasteiger partial charge in [0.1, 0.15) is 55.2 Å². The number of hydrogen-bond acceptors (Lipinski definition) is 15. The number of imidazole rings is 1. The number of nitrogens with zero attached hydrogens (tertiary/aromatic N) is 4. The summed E-state index contributed by atoms with van der Waals surface area (Å²) in [7, 11) is 6.62. The minimum Gasteiger partial charge on any atom is -0.491 e. The summed E-state index contributed by atoms with van der Waals surface area (Å²) in [5.41, 5.74) is 7.82. The molecule has 0 radical (unpaired) electrons. The van der Waals surface area contributed by atoms with E-state index in [0.29, 0.717) is 152 Å². The van der Waals surface area contributed by atoms with Gasteiger partial charge < -0.3 is 56.8 Å². The highest BCUT2D eigenvalue weighted by Crippen LogP contribution is 2.49. The lowest BCUT2D eigenvalue weighted by molar-refractivity contribution is 0.0544. The van der Waals surface area contributed by atoms with Crippen LogP contribution in [0.2, 0.25) is 0 Å². The molecule has 0 atom stereocenters. The molecule has 86 heavy (non-hydrogen) atoms. The molecule has 0 amide bonds. The zero-order chi connectivity index (χ0) is 59.2. The molecule has 0 bridgehead atoms. The second kappa shape index (κ2) is 31.2. The van der Waals surface area contributed by atoms with E-state index >= 15 is 0 Å². The Bertz CT molecular complexity index is 3540. The average molecular weight is 1160 g/mol. The second-order valence-electron chi connectivity index (χ2n) is 20.0. The topological polar surface area (TPSA) is 153 Å². The molecule has 1 aliphatic rings. The quantitative estimate of drug-likeness (QED) is 0.0347. The van der Waals surface area contributed by atoms with Gasteiger partial charge in [0.25, 0.3) is 5.79 Å². The van der Waals surface area contributed by atoms with Crippen molar-refractivity contribution < 1.29 is 56.8 Å². The van der Waals surface area contributed by atoms with Crippen molar-refractivity contribution in [2.45, 2.75) is 5.79 Å². The molecule has 10 rings (SSSR count). The fourth-order valence-corrected chi connectivity index (χ4v) is 10.2. The van der Waals surface area contributed by atoms with Crippen LogP contribution < -0.4 is 18.9 Å². The molecular formula is C70H74N4O12. The van der Waals surface area contributed by atoms with Gasteiger partial charge in [-0.1, -0.05) is 84.9 Å². The van der Waals surface area contributed by atoms with E-state index in [1.165, 1.54) is 0 Å². The molecule has 2 heterocycles. The molecule has 8 aromatic carbocycles. The molecule has 0 unspecified atom stereocenters. The highest BCUT2D eigenvalue weighted by atomic mass is 16.6. The monoisotopic (exact) mass is 1160 g/mol. The molecule has 0 N–H and O–H groups in total. The summed E-state index contributed by atoms with van der Waals surface area (Å²) in [6.07, 6.45) is 0. The Labute approximate surface area is 502 Å². The third kappa shape index (κ3) is 15.0. The molecule has 16 heteroatoms. The molecule has 9 aromatic rings. The molecule has 0 aliphatic carbocycles. The first-order chi connectivity index (χ1) is 42.5. The molecule has 0 fully saturated rings. The number of aromatic nitrogens is 2. The number of aliphatic imine (C=N–C) groups is 2. The van der Waals surface area contributed by atoms with E-state index in [1.807, 2.05) is 72.8 Å². The summed E-state index contributed by atoms with van der Waals surface area (Å²) in [6.45, 7) is 7.09. The lowest BCUT2D eigenvalue weighted by Gasteiger charge is -2.31. The van der Waals surface area contributed by atoms with Crippen molar-refractivity contribution in [2.75, 3.05) is 134 Å². The summed E-state index contributed by atoms with van der Waals surface area (Å²) in [4.78, 5) is 18.1. The second-order valence-corrected chi connectivity index (χ2v) is 20.0. The molecular weight excluding hydrogens is 1090 g/mol. The van der Waals surface area contributed by atoms with E-state index in [9.17, 15) is 0 Å². The SMILES string of the molecule is COCCOCCOc1ccc(C2=NC(c3cccc4ccccc34)(n3c(-c4cccc5ccccc45)nc(-c4ccc(OCCOCCOC)cc4)c3-c3ccc(OCCOCCOC)cc3)N=C2c2ccc(OCCOCCOC)cc2)cc1. The van der Waals surface area contributed by atoms with Crippen LogP contribution in [0.15, 0.2) is 192 Å². The fourth-order valence-electron chi connectivity index (χ4n) is 10.2. The van der Waals surface area contributed by atoms with Crippen LogP contribution in [0.1, 0.15) is 16.7 Å². The normalized spacial score (nSPS) is 12.8. The van der Waals surface area contributed by atoms with Crippen LogP contribution in [0.25, 0.3) is 55.4 Å². The van der Waals surface area contributed by atoms with Crippen LogP contribution in [-0.2, 0) is 43.7 Å². The minimum absolute atomic E-state index is 0.358. The Hall–Kier alpha value is -8.29. The van der Waals surface area contributed by atoms with Crippen LogP contribution in [0.3, 0.4) is 0 Å². The third-order valence-electron chi connectivity index (χ3n) is 14.4. The van der Waals surface area contributed by atoms with Gasteiger partial charge in [-0.05, 0) is 119 Å². The van der Waals surface area contributed by atoms with E-state index in [-0.39, 0.29) is 0 Å². The van der Waals surface area contributed by atoms with Gasteiger partial charge in [0.2, 0.25) is 0 Å². The van der Waals surface area contributed by atoms with Crippen LogP contribution >= 0.6 is 0 Å². The summed E-state index contributed by atoms with van der Waals surface area (Å²) in [6, 6.07) is 61.7. The predicted octanol–water partition coefficient (Wildman–Crippen LogP) is 12.0. The first kappa shape index (κ1) is 60.8. The Morgan fingerprint density at radius 2 is 0.698 bits per heavy atom. The maximum Gasteiger partial charge on any atom is 0.262 e. The lowest BCUT2D eigenvalue weighted by Crippen LogP contribution is -2.31. The van der Waals surface area contributed by atoms with Crippen molar-refractivity contribution in [3.05, 3.63) is 199 Å². The molecule has 0 spiro atoms. The number of methoxy groups -OCH3 is 4. The largest absolute Gasteiger partial charge is 0.491 e. The van der Waals surface area contributed by atoms with E-state index in [4.69, 9.17) is 71.8 Å². The Morgan fingerprint density at radius 3 is 1.14 bits per heavy atom. The summed E-state index contributed by atoms with van der Waals surface area (Å²) < 4.78 is 70.7. The molecule has 0 saturated carbocycles. The number of benzene rings is 8. The van der Waals surface area contributed by atoms with Crippen LogP contribution in [-0.4, -0.2) is 155 Å². The zero-order valence-corrected chi connectivity index (χ0v) is 49.3. The van der Waals surface area contributed by atoms with Crippen LogP contribution in [0, 0.1) is 0 Å². The van der Waals surface area contributed by atoms with Gasteiger partial charge in [0.05, 0.1) is 102 Å². The molecule has 1 aromatic heterocycles. The van der Waals surface area contributed by atoms with Gasteiger partial charge in [0.15, 0.2) is 0 Å². The average Bonchev–Trinajstić information content (AvgIpc) is 1.59. The number of hydrogen-bond donors (Lipinski definition) is 0. The van der Waals surface area contributed by atoms with Gasteiger partial charge in [0, 0.05) is 61.8 Å². The van der Waals surface area contributed by atoms with Crippen molar-refractivity contribution in [1.29, 1.82) is 0 Å². The van der Waals surface area contributed by atoms with Crippen LogP contribution in [0.5, 0.6) is 23.0 Å². The Balaban J connectivity index is 1.21. The van der Waals surface area contributed by atoms with E-state index in [2.05, 4.69) is 114 Å². The van der Waals surface area contributed by atoms with E-state index in [0.717, 1.165) is 60.6 Å². The van der Waals surface area contributed by atoms with E-state index < -0.39 is 5.79 Å². The maximum absolute atomic E-state index is 6.28. The first-order valence-electron chi connectivity index (χ1n) is 29.0. The summed E-state index contributed by atoms with van der Waals surface area (Å²) in [5, 5.41) is 4.04. The lowest BCUT2D eigenvalue weighted by atomic mass is 9.97. The summed E-state index contributed by atoms with van der Waals surface area (Å²) >= 11 is 0. The van der Waals surface area contributed by atoms with Gasteiger partial charge in [-0.2, -0.15) is 0 Å². The zero-order valence-electron chi connectivity index (χ0n) is 49.3. The van der Waals surface area contributed by atoms with E-state index in [1.54, 1.807) is 28.4 Å². The van der Waals surface area contributed by atoms with Crippen molar-refractivity contribution in [3.8, 4) is 56.9 Å². The number of ether oxygens (including phenoxy) is 12. The summed E-state index contributed by atoms with van der Waals surface area (Å²) in [5.74, 6) is 1.81. The number of fused-ring (bicyclic) bond motifs is 2. The molecule has 16 nitrogen and oxygen atoms in total. The fraction of sp³-hybridized carbons (Fsp3) is 0.300.